The highest BCUT2D eigenvalue weighted by Gasteiger charge is 2.29. The third-order valence-electron chi connectivity index (χ3n) is 7.03. The van der Waals surface area contributed by atoms with Crippen molar-refractivity contribution >= 4 is 47.8 Å². The van der Waals surface area contributed by atoms with E-state index in [-0.39, 0.29) is 45.2 Å². The number of nitrogens with zero attached hydrogens (tertiary/aromatic N) is 1. The van der Waals surface area contributed by atoms with Crippen LogP contribution in [0.4, 0.5) is 20.2 Å². The first-order chi connectivity index (χ1) is 20.9. The van der Waals surface area contributed by atoms with Crippen LogP contribution in [0, 0.1) is 11.6 Å². The molecular weight excluding hydrogens is 612 g/mol. The molecule has 1 aromatic heterocycles. The molecule has 5 aromatic rings. The second kappa shape index (κ2) is 10.9. The summed E-state index contributed by atoms with van der Waals surface area (Å²) in [6, 6.07) is 21.1. The molecule has 0 saturated heterocycles. The summed E-state index contributed by atoms with van der Waals surface area (Å²) >= 11 is 0. The van der Waals surface area contributed by atoms with E-state index in [4.69, 9.17) is 0 Å². The second-order valence-electron chi connectivity index (χ2n) is 10.2. The van der Waals surface area contributed by atoms with E-state index in [2.05, 4.69) is 10.0 Å². The van der Waals surface area contributed by atoms with Crippen LogP contribution in [0.15, 0.2) is 106 Å². The van der Waals surface area contributed by atoms with Crippen LogP contribution in [-0.4, -0.2) is 26.5 Å². The number of pyridine rings is 1. The summed E-state index contributed by atoms with van der Waals surface area (Å²) < 4.78 is 83.7. The van der Waals surface area contributed by atoms with Crippen LogP contribution in [-0.2, 0) is 32.2 Å². The average Bonchev–Trinajstić information content (AvgIpc) is 2.96. The molecule has 2 heterocycles. The van der Waals surface area contributed by atoms with E-state index in [1.165, 1.54) is 47.0 Å². The molecule has 0 spiro atoms. The Bertz CT molecular complexity index is 2250. The Morgan fingerprint density at radius 1 is 0.864 bits per heavy atom. The smallest absolute Gasteiger partial charge is 0.264 e. The predicted molar refractivity (Wildman–Crippen MR) is 163 cm³/mol. The molecule has 6 rings (SSSR count). The third-order valence-corrected chi connectivity index (χ3v) is 9.78. The van der Waals surface area contributed by atoms with Gasteiger partial charge in [0.05, 0.1) is 39.5 Å². The van der Waals surface area contributed by atoms with E-state index in [0.29, 0.717) is 11.1 Å². The number of rotatable bonds is 7. The van der Waals surface area contributed by atoms with Crippen molar-refractivity contribution in [2.24, 2.45) is 0 Å². The number of halogens is 2. The Labute approximate surface area is 250 Å². The van der Waals surface area contributed by atoms with Crippen LogP contribution >= 0.6 is 0 Å². The predicted octanol–water partition coefficient (Wildman–Crippen LogP) is 5.17. The fourth-order valence-corrected chi connectivity index (χ4v) is 7.55. The summed E-state index contributed by atoms with van der Waals surface area (Å²) in [7, 11) is -8.17. The standard InChI is InChI=1S/C31H23F2N3O6S2/c32-21-8-6-19(7-9-21)16-36-27-13-10-22(33)14-24(27)30(37)29(31(36)38)26-18-43(39,40)28-15-23(11-12-25(28)34-26)35-44(41,42)17-20-4-2-1-3-5-20/h1-15,18,34-35,37H,16-17H2. The highest BCUT2D eigenvalue weighted by molar-refractivity contribution is 7.94. The number of aromatic hydroxyl groups is 1. The summed E-state index contributed by atoms with van der Waals surface area (Å²) in [4.78, 5) is 13.6. The fraction of sp³-hybridized carbons (Fsp3) is 0.0645. The van der Waals surface area contributed by atoms with Gasteiger partial charge in [0.15, 0.2) is 0 Å². The molecule has 0 aliphatic carbocycles. The molecule has 0 saturated carbocycles. The molecule has 3 N–H and O–H groups in total. The Kier molecular flexibility index (Phi) is 7.22. The minimum Gasteiger partial charge on any atom is -0.506 e. The third kappa shape index (κ3) is 5.66. The normalized spacial score (nSPS) is 14.0. The zero-order valence-electron chi connectivity index (χ0n) is 22.7. The number of benzene rings is 4. The first kappa shape index (κ1) is 29.1. The van der Waals surface area contributed by atoms with Crippen LogP contribution in [0.2, 0.25) is 0 Å². The quantitative estimate of drug-likeness (QED) is 0.225. The number of nitrogens with one attached hydrogen (secondary N) is 2. The molecule has 0 fully saturated rings. The zero-order chi connectivity index (χ0) is 31.2. The molecule has 0 atom stereocenters. The van der Waals surface area contributed by atoms with Crippen molar-refractivity contribution in [1.82, 2.24) is 4.57 Å². The molecule has 0 radical (unpaired) electrons. The van der Waals surface area contributed by atoms with Crippen LogP contribution in [0.5, 0.6) is 5.75 Å². The van der Waals surface area contributed by atoms with Gasteiger partial charge in [0.1, 0.15) is 22.9 Å². The summed E-state index contributed by atoms with van der Waals surface area (Å²) in [6.07, 6.45) is 0. The van der Waals surface area contributed by atoms with Crippen LogP contribution < -0.4 is 15.6 Å². The molecule has 0 bridgehead atoms. The lowest BCUT2D eigenvalue weighted by Crippen LogP contribution is -2.27. The molecular formula is C31H23F2N3O6S2. The van der Waals surface area contributed by atoms with Gasteiger partial charge in [-0.15, -0.1) is 0 Å². The maximum absolute atomic E-state index is 14.3. The SMILES string of the molecule is O=c1c(C2=CS(=O)(=O)c3cc(NS(=O)(=O)Cc4ccccc4)ccc3N2)c(O)c2cc(F)ccc2n1Cc1ccc(F)cc1. The van der Waals surface area contributed by atoms with Crippen molar-refractivity contribution in [2.45, 2.75) is 17.2 Å². The molecule has 13 heteroatoms. The molecule has 0 amide bonds. The monoisotopic (exact) mass is 635 g/mol. The van der Waals surface area contributed by atoms with Crippen molar-refractivity contribution in [2.75, 3.05) is 10.0 Å². The van der Waals surface area contributed by atoms with Gasteiger partial charge in [-0.25, -0.2) is 25.6 Å². The number of sulfonamides is 1. The van der Waals surface area contributed by atoms with Gasteiger partial charge in [0, 0.05) is 11.1 Å². The van der Waals surface area contributed by atoms with E-state index in [9.17, 15) is 35.5 Å². The highest BCUT2D eigenvalue weighted by atomic mass is 32.2. The van der Waals surface area contributed by atoms with Gasteiger partial charge in [-0.05, 0) is 59.7 Å². The highest BCUT2D eigenvalue weighted by Crippen LogP contribution is 2.38. The largest absolute Gasteiger partial charge is 0.506 e. The molecule has 0 unspecified atom stereocenters. The minimum atomic E-state index is -4.28. The minimum absolute atomic E-state index is 0.00703. The Morgan fingerprint density at radius 3 is 2.30 bits per heavy atom. The summed E-state index contributed by atoms with van der Waals surface area (Å²) in [6.45, 7) is -0.0857. The van der Waals surface area contributed by atoms with E-state index in [1.54, 1.807) is 30.3 Å². The number of anilines is 2. The maximum Gasteiger partial charge on any atom is 0.264 e. The zero-order valence-corrected chi connectivity index (χ0v) is 24.3. The first-order valence-electron chi connectivity index (χ1n) is 13.1. The van der Waals surface area contributed by atoms with Gasteiger partial charge in [-0.1, -0.05) is 42.5 Å². The van der Waals surface area contributed by atoms with Gasteiger partial charge in [-0.3, -0.25) is 9.52 Å². The lowest BCUT2D eigenvalue weighted by molar-refractivity contribution is 0.476. The molecule has 9 nitrogen and oxygen atoms in total. The van der Waals surface area contributed by atoms with E-state index >= 15 is 0 Å². The van der Waals surface area contributed by atoms with Crippen molar-refractivity contribution in [3.8, 4) is 5.75 Å². The van der Waals surface area contributed by atoms with Gasteiger partial charge in [0.25, 0.3) is 5.56 Å². The van der Waals surface area contributed by atoms with Gasteiger partial charge in [0.2, 0.25) is 19.9 Å². The van der Waals surface area contributed by atoms with Crippen molar-refractivity contribution in [3.63, 3.8) is 0 Å². The van der Waals surface area contributed by atoms with Gasteiger partial charge < -0.3 is 15.0 Å². The van der Waals surface area contributed by atoms with Crippen molar-refractivity contribution in [1.29, 1.82) is 0 Å². The molecule has 44 heavy (non-hydrogen) atoms. The summed E-state index contributed by atoms with van der Waals surface area (Å²) in [5.41, 5.74) is -0.197. The van der Waals surface area contributed by atoms with Crippen molar-refractivity contribution in [3.05, 3.63) is 135 Å². The summed E-state index contributed by atoms with van der Waals surface area (Å²) in [5, 5.41) is 14.7. The molecule has 4 aromatic carbocycles. The number of sulfone groups is 1. The Hall–Kier alpha value is -5.01. The lowest BCUT2D eigenvalue weighted by Gasteiger charge is -2.22. The first-order valence-corrected chi connectivity index (χ1v) is 16.3. The molecule has 224 valence electrons. The summed E-state index contributed by atoms with van der Waals surface area (Å²) in [5.74, 6) is -2.14. The molecule has 1 aliphatic rings. The topological polar surface area (TPSA) is 135 Å². The van der Waals surface area contributed by atoms with Crippen LogP contribution in [0.25, 0.3) is 16.6 Å². The van der Waals surface area contributed by atoms with E-state index in [0.717, 1.165) is 23.6 Å². The Balaban J connectivity index is 1.41. The van der Waals surface area contributed by atoms with E-state index in [1.807, 2.05) is 0 Å². The van der Waals surface area contributed by atoms with E-state index < -0.39 is 48.4 Å². The van der Waals surface area contributed by atoms with Crippen molar-refractivity contribution < 1.29 is 30.7 Å². The van der Waals surface area contributed by atoms with Gasteiger partial charge >= 0.3 is 0 Å². The number of aromatic nitrogens is 1. The number of fused-ring (bicyclic) bond motifs is 2. The average molecular weight is 636 g/mol. The number of hydrogen-bond donors (Lipinski definition) is 3. The Morgan fingerprint density at radius 2 is 1.57 bits per heavy atom. The fourth-order valence-electron chi connectivity index (χ4n) is 5.03. The number of hydrogen-bond acceptors (Lipinski definition) is 7. The molecule has 1 aliphatic heterocycles. The maximum atomic E-state index is 14.3. The van der Waals surface area contributed by atoms with Crippen LogP contribution in [0.1, 0.15) is 16.7 Å². The lowest BCUT2D eigenvalue weighted by atomic mass is 10.1. The second-order valence-corrected chi connectivity index (χ2v) is 13.6. The van der Waals surface area contributed by atoms with Crippen LogP contribution in [0.3, 0.4) is 0 Å². The van der Waals surface area contributed by atoms with Gasteiger partial charge in [-0.2, -0.15) is 0 Å².